The molecule has 0 bridgehead atoms. The predicted molar refractivity (Wildman–Crippen MR) is 94.3 cm³/mol. The van der Waals surface area contributed by atoms with E-state index in [0.29, 0.717) is 24.5 Å². The number of carbonyl (C=O) groups is 1. The minimum atomic E-state index is -0.625. The van der Waals surface area contributed by atoms with Crippen LogP contribution in [0.25, 0.3) is 0 Å². The lowest BCUT2D eigenvalue weighted by Gasteiger charge is -2.24. The standard InChI is InChI=1S/C20H26F2N2O/c1-11(25)14-9-13-10-20(13,2)7-6-12(19(14)24)8-17(23)18-15(21)4-3-5-16(18)22/h4,8,13-14H,3,5-7,9-10,23-24H2,1-2H3/b17-8-,19-12-. The molecule has 0 heterocycles. The van der Waals surface area contributed by atoms with Gasteiger partial charge in [-0.25, -0.2) is 8.78 Å². The maximum absolute atomic E-state index is 14.1. The SMILES string of the molecule is CC(=O)C1CC2CC2(C)CCC(/C=C(\N)C2=C(F)CCC=C2F)=C\1N. The average molecular weight is 348 g/mol. The molecule has 0 spiro atoms. The fraction of sp³-hybridized carbons (Fsp3) is 0.550. The van der Waals surface area contributed by atoms with Gasteiger partial charge in [0.25, 0.3) is 0 Å². The molecule has 3 nitrogen and oxygen atoms in total. The molecule has 3 atom stereocenters. The molecule has 0 aromatic heterocycles. The number of nitrogens with two attached hydrogens (primary N) is 2. The Bertz CT molecular complexity index is 732. The molecule has 3 aliphatic carbocycles. The molecule has 0 aliphatic heterocycles. The summed E-state index contributed by atoms with van der Waals surface area (Å²) in [4.78, 5) is 12.1. The first-order valence-corrected chi connectivity index (χ1v) is 8.94. The van der Waals surface area contributed by atoms with Crippen LogP contribution in [0.15, 0.2) is 46.3 Å². The number of allylic oxidation sites excluding steroid dienone is 6. The van der Waals surface area contributed by atoms with E-state index in [2.05, 4.69) is 6.92 Å². The van der Waals surface area contributed by atoms with Gasteiger partial charge in [0, 0.05) is 17.8 Å². The molecule has 25 heavy (non-hydrogen) atoms. The number of ketones is 1. The van der Waals surface area contributed by atoms with Gasteiger partial charge < -0.3 is 11.5 Å². The quantitative estimate of drug-likeness (QED) is 0.798. The third kappa shape index (κ3) is 3.42. The third-order valence-electron chi connectivity index (χ3n) is 6.08. The molecule has 0 amide bonds. The molecule has 0 radical (unpaired) electrons. The molecule has 0 saturated heterocycles. The van der Waals surface area contributed by atoms with Gasteiger partial charge in [-0.1, -0.05) is 6.92 Å². The van der Waals surface area contributed by atoms with E-state index < -0.39 is 11.7 Å². The summed E-state index contributed by atoms with van der Waals surface area (Å²) in [5.41, 5.74) is 13.7. The summed E-state index contributed by atoms with van der Waals surface area (Å²) in [5.74, 6) is -0.929. The average Bonchev–Trinajstić information content (AvgIpc) is 3.16. The summed E-state index contributed by atoms with van der Waals surface area (Å²) in [6.07, 6.45) is 6.89. The summed E-state index contributed by atoms with van der Waals surface area (Å²) in [6, 6.07) is 0. The lowest BCUT2D eigenvalue weighted by Crippen LogP contribution is -2.24. The van der Waals surface area contributed by atoms with Gasteiger partial charge in [-0.2, -0.15) is 0 Å². The van der Waals surface area contributed by atoms with Crippen LogP contribution in [-0.4, -0.2) is 5.78 Å². The largest absolute Gasteiger partial charge is 0.401 e. The van der Waals surface area contributed by atoms with Gasteiger partial charge in [-0.15, -0.1) is 0 Å². The van der Waals surface area contributed by atoms with Gasteiger partial charge in [0.15, 0.2) is 0 Å². The lowest BCUT2D eigenvalue weighted by molar-refractivity contribution is -0.120. The van der Waals surface area contributed by atoms with Crippen LogP contribution >= 0.6 is 0 Å². The van der Waals surface area contributed by atoms with E-state index in [1.54, 1.807) is 13.0 Å². The molecule has 5 heteroatoms. The van der Waals surface area contributed by atoms with Crippen molar-refractivity contribution in [1.29, 1.82) is 0 Å². The molecule has 3 unspecified atom stereocenters. The Hall–Kier alpha value is -1.91. The van der Waals surface area contributed by atoms with Crippen LogP contribution in [0.3, 0.4) is 0 Å². The van der Waals surface area contributed by atoms with E-state index in [4.69, 9.17) is 11.5 Å². The second-order valence-corrected chi connectivity index (χ2v) is 7.90. The second kappa shape index (κ2) is 6.43. The molecule has 0 aromatic rings. The minimum absolute atomic E-state index is 0.0345. The third-order valence-corrected chi connectivity index (χ3v) is 6.08. The molecule has 0 aromatic carbocycles. The Labute approximate surface area is 147 Å². The van der Waals surface area contributed by atoms with E-state index in [0.717, 1.165) is 24.8 Å². The van der Waals surface area contributed by atoms with Crippen molar-refractivity contribution in [2.45, 2.75) is 52.4 Å². The topological polar surface area (TPSA) is 69.1 Å². The van der Waals surface area contributed by atoms with Crippen LogP contribution in [0.4, 0.5) is 8.78 Å². The fourth-order valence-corrected chi connectivity index (χ4v) is 4.15. The van der Waals surface area contributed by atoms with E-state index in [9.17, 15) is 13.6 Å². The van der Waals surface area contributed by atoms with Crippen LogP contribution < -0.4 is 11.5 Å². The molecular weight excluding hydrogens is 322 g/mol. The van der Waals surface area contributed by atoms with Crippen molar-refractivity contribution < 1.29 is 13.6 Å². The summed E-state index contributed by atoms with van der Waals surface area (Å²) in [5, 5.41) is 0. The van der Waals surface area contributed by atoms with Crippen molar-refractivity contribution in [2.24, 2.45) is 28.7 Å². The summed E-state index contributed by atoms with van der Waals surface area (Å²) in [7, 11) is 0. The maximum Gasteiger partial charge on any atom is 0.138 e. The lowest BCUT2D eigenvalue weighted by atomic mass is 9.83. The van der Waals surface area contributed by atoms with Crippen molar-refractivity contribution in [2.75, 3.05) is 0 Å². The monoisotopic (exact) mass is 348 g/mol. The van der Waals surface area contributed by atoms with Gasteiger partial charge in [0.1, 0.15) is 17.4 Å². The van der Waals surface area contributed by atoms with Gasteiger partial charge >= 0.3 is 0 Å². The van der Waals surface area contributed by atoms with Crippen molar-refractivity contribution in [3.05, 3.63) is 46.3 Å². The van der Waals surface area contributed by atoms with E-state index >= 15 is 0 Å². The highest BCUT2D eigenvalue weighted by atomic mass is 19.1. The zero-order chi connectivity index (χ0) is 18.4. The first-order chi connectivity index (χ1) is 11.7. The number of carbonyl (C=O) groups excluding carboxylic acids is 1. The summed E-state index contributed by atoms with van der Waals surface area (Å²) < 4.78 is 28.1. The molecule has 136 valence electrons. The number of halogens is 2. The van der Waals surface area contributed by atoms with Crippen molar-refractivity contribution in [3.63, 3.8) is 0 Å². The highest BCUT2D eigenvalue weighted by Crippen LogP contribution is 2.60. The van der Waals surface area contributed by atoms with Gasteiger partial charge in [0.2, 0.25) is 0 Å². The molecule has 1 fully saturated rings. The smallest absolute Gasteiger partial charge is 0.138 e. The highest BCUT2D eigenvalue weighted by Gasteiger charge is 2.51. The number of hydrogen-bond donors (Lipinski definition) is 2. The Kier molecular flexibility index (Phi) is 4.60. The zero-order valence-corrected chi connectivity index (χ0v) is 14.9. The Morgan fingerprint density at radius 2 is 2.08 bits per heavy atom. The molecule has 4 N–H and O–H groups in total. The maximum atomic E-state index is 14.1. The fourth-order valence-electron chi connectivity index (χ4n) is 4.15. The molecule has 3 rings (SSSR count). The molecule has 3 aliphatic rings. The number of fused-ring (bicyclic) bond motifs is 1. The predicted octanol–water partition coefficient (Wildman–Crippen LogP) is 4.33. The highest BCUT2D eigenvalue weighted by molar-refractivity contribution is 5.81. The number of Topliss-reactive ketones (excluding diaryl/α,β-unsaturated/α-hetero) is 1. The van der Waals surface area contributed by atoms with Crippen LogP contribution in [-0.2, 0) is 4.79 Å². The second-order valence-electron chi connectivity index (χ2n) is 7.90. The van der Waals surface area contributed by atoms with Crippen LogP contribution in [0.1, 0.15) is 52.4 Å². The Balaban J connectivity index is 1.98. The van der Waals surface area contributed by atoms with Gasteiger partial charge in [0.05, 0.1) is 11.5 Å². The van der Waals surface area contributed by atoms with Gasteiger partial charge in [-0.3, -0.25) is 4.79 Å². The Morgan fingerprint density at radius 1 is 1.36 bits per heavy atom. The van der Waals surface area contributed by atoms with Crippen LogP contribution in [0.5, 0.6) is 0 Å². The van der Waals surface area contributed by atoms with E-state index in [1.807, 2.05) is 0 Å². The van der Waals surface area contributed by atoms with Crippen molar-refractivity contribution in [1.82, 2.24) is 0 Å². The van der Waals surface area contributed by atoms with Crippen molar-refractivity contribution >= 4 is 5.78 Å². The first kappa shape index (κ1) is 17.9. The minimum Gasteiger partial charge on any atom is -0.401 e. The molecular formula is C20H26F2N2O. The number of rotatable bonds is 3. The number of hydrogen-bond acceptors (Lipinski definition) is 3. The summed E-state index contributed by atoms with van der Waals surface area (Å²) >= 11 is 0. The van der Waals surface area contributed by atoms with E-state index in [1.165, 1.54) is 6.08 Å². The van der Waals surface area contributed by atoms with Crippen LogP contribution in [0.2, 0.25) is 0 Å². The van der Waals surface area contributed by atoms with Crippen molar-refractivity contribution in [3.8, 4) is 0 Å². The summed E-state index contributed by atoms with van der Waals surface area (Å²) in [6.45, 7) is 3.78. The normalized spacial score (nSPS) is 36.3. The Morgan fingerprint density at radius 3 is 2.72 bits per heavy atom. The van der Waals surface area contributed by atoms with Gasteiger partial charge in [-0.05, 0) is 68.1 Å². The zero-order valence-electron chi connectivity index (χ0n) is 14.9. The first-order valence-electron chi connectivity index (χ1n) is 8.94. The van der Waals surface area contributed by atoms with Crippen LogP contribution in [0, 0.1) is 17.3 Å². The van der Waals surface area contributed by atoms with E-state index in [-0.39, 0.29) is 34.8 Å². The molecule has 1 saturated carbocycles.